The molecule has 0 spiro atoms. The molecule has 0 aromatic heterocycles. The second-order valence-corrected chi connectivity index (χ2v) is 6.41. The number of amides is 1. The molecule has 1 atom stereocenters. The second-order valence-electron chi connectivity index (χ2n) is 5.57. The average Bonchev–Trinajstić information content (AvgIpc) is 2.41. The van der Waals surface area contributed by atoms with E-state index in [0.717, 1.165) is 31.5 Å². The standard InChI is InChI=1S/C15H21Cl2N3O.ClH/c1-10(13-3-2-11(16)8-14(13)17)19-15(21)9-20-6-4-12(18)5-7-20;/h2-3,8,10,12H,4-7,9,18H2,1H3,(H,19,21);1H. The summed E-state index contributed by atoms with van der Waals surface area (Å²) in [6.45, 7) is 4.08. The lowest BCUT2D eigenvalue weighted by atomic mass is 10.1. The summed E-state index contributed by atoms with van der Waals surface area (Å²) in [6.07, 6.45) is 1.90. The van der Waals surface area contributed by atoms with Crippen molar-refractivity contribution in [3.8, 4) is 0 Å². The summed E-state index contributed by atoms with van der Waals surface area (Å²) in [6, 6.07) is 5.44. The summed E-state index contributed by atoms with van der Waals surface area (Å²) in [5, 5.41) is 4.13. The maximum atomic E-state index is 12.1. The normalized spacial score (nSPS) is 17.6. The summed E-state index contributed by atoms with van der Waals surface area (Å²) < 4.78 is 0. The van der Waals surface area contributed by atoms with Crippen molar-refractivity contribution in [3.63, 3.8) is 0 Å². The third kappa shape index (κ3) is 5.60. The Morgan fingerprint density at radius 3 is 2.64 bits per heavy atom. The Hall–Kier alpha value is -0.520. The van der Waals surface area contributed by atoms with Gasteiger partial charge in [0.1, 0.15) is 0 Å². The van der Waals surface area contributed by atoms with Crippen molar-refractivity contribution in [1.29, 1.82) is 0 Å². The van der Waals surface area contributed by atoms with Gasteiger partial charge in [0.2, 0.25) is 5.91 Å². The molecule has 22 heavy (non-hydrogen) atoms. The Balaban J connectivity index is 0.00000242. The van der Waals surface area contributed by atoms with Gasteiger partial charge in [0.05, 0.1) is 12.6 Å². The molecular weight excluding hydrogens is 345 g/mol. The van der Waals surface area contributed by atoms with Gasteiger partial charge >= 0.3 is 0 Å². The first kappa shape index (κ1) is 19.5. The van der Waals surface area contributed by atoms with Gasteiger partial charge in [-0.15, -0.1) is 12.4 Å². The van der Waals surface area contributed by atoms with Crippen LogP contribution in [0.2, 0.25) is 10.0 Å². The molecule has 2 rings (SSSR count). The van der Waals surface area contributed by atoms with Crippen molar-refractivity contribution in [1.82, 2.24) is 10.2 Å². The average molecular weight is 367 g/mol. The Morgan fingerprint density at radius 2 is 2.05 bits per heavy atom. The third-order valence-electron chi connectivity index (χ3n) is 3.81. The van der Waals surface area contributed by atoms with E-state index in [1.807, 2.05) is 13.0 Å². The Labute approximate surface area is 147 Å². The van der Waals surface area contributed by atoms with E-state index in [2.05, 4.69) is 10.2 Å². The third-order valence-corrected chi connectivity index (χ3v) is 4.37. The van der Waals surface area contributed by atoms with Crippen LogP contribution in [0.1, 0.15) is 31.4 Å². The van der Waals surface area contributed by atoms with Crippen LogP contribution < -0.4 is 11.1 Å². The van der Waals surface area contributed by atoms with Gasteiger partial charge in [-0.2, -0.15) is 0 Å². The van der Waals surface area contributed by atoms with Gasteiger partial charge in [-0.3, -0.25) is 9.69 Å². The van der Waals surface area contributed by atoms with Crippen molar-refractivity contribution < 1.29 is 4.79 Å². The molecule has 0 radical (unpaired) electrons. The van der Waals surface area contributed by atoms with Crippen LogP contribution in [0.5, 0.6) is 0 Å². The molecule has 1 aromatic carbocycles. The van der Waals surface area contributed by atoms with Gasteiger partial charge in [-0.25, -0.2) is 0 Å². The van der Waals surface area contributed by atoms with Crippen molar-refractivity contribution in [2.45, 2.75) is 31.8 Å². The molecule has 1 heterocycles. The lowest BCUT2D eigenvalue weighted by molar-refractivity contribution is -0.123. The molecule has 124 valence electrons. The molecule has 1 saturated heterocycles. The van der Waals surface area contributed by atoms with Gasteiger partial charge in [0, 0.05) is 29.2 Å². The molecule has 1 amide bonds. The highest BCUT2D eigenvalue weighted by atomic mass is 35.5. The first-order valence-electron chi connectivity index (χ1n) is 7.18. The van der Waals surface area contributed by atoms with Gasteiger partial charge in [0.25, 0.3) is 0 Å². The highest BCUT2D eigenvalue weighted by Gasteiger charge is 2.19. The number of nitrogens with one attached hydrogen (secondary N) is 1. The van der Waals surface area contributed by atoms with E-state index < -0.39 is 0 Å². The topological polar surface area (TPSA) is 58.4 Å². The number of nitrogens with zero attached hydrogens (tertiary/aromatic N) is 1. The van der Waals surface area contributed by atoms with E-state index in [9.17, 15) is 4.79 Å². The number of hydrogen-bond donors (Lipinski definition) is 2. The van der Waals surface area contributed by atoms with Crippen molar-refractivity contribution >= 4 is 41.5 Å². The minimum Gasteiger partial charge on any atom is -0.348 e. The monoisotopic (exact) mass is 365 g/mol. The fourth-order valence-electron chi connectivity index (χ4n) is 2.53. The zero-order valence-electron chi connectivity index (χ0n) is 12.5. The molecular formula is C15H22Cl3N3O. The molecule has 1 aliphatic rings. The Bertz CT molecular complexity index is 505. The van der Waals surface area contributed by atoms with Crippen molar-refractivity contribution in [2.24, 2.45) is 5.73 Å². The first-order valence-corrected chi connectivity index (χ1v) is 7.93. The number of hydrogen-bond acceptors (Lipinski definition) is 3. The maximum Gasteiger partial charge on any atom is 0.234 e. The van der Waals surface area contributed by atoms with Crippen LogP contribution in [0.4, 0.5) is 0 Å². The van der Waals surface area contributed by atoms with Crippen LogP contribution >= 0.6 is 35.6 Å². The van der Waals surface area contributed by atoms with E-state index in [-0.39, 0.29) is 30.4 Å². The van der Waals surface area contributed by atoms with Gasteiger partial charge in [0.15, 0.2) is 0 Å². The van der Waals surface area contributed by atoms with E-state index in [1.54, 1.807) is 12.1 Å². The molecule has 0 saturated carbocycles. The first-order chi connectivity index (χ1) is 9.95. The van der Waals surface area contributed by atoms with Crippen LogP contribution in [0.3, 0.4) is 0 Å². The number of benzene rings is 1. The predicted octanol–water partition coefficient (Wildman–Crippen LogP) is 3.02. The predicted molar refractivity (Wildman–Crippen MR) is 93.9 cm³/mol. The number of rotatable bonds is 4. The Kier molecular flexibility index (Phi) is 7.94. The molecule has 1 aliphatic heterocycles. The van der Waals surface area contributed by atoms with Gasteiger partial charge in [-0.05, 0) is 37.5 Å². The zero-order valence-corrected chi connectivity index (χ0v) is 14.8. The van der Waals surface area contributed by atoms with Crippen LogP contribution in [-0.2, 0) is 4.79 Å². The fraction of sp³-hybridized carbons (Fsp3) is 0.533. The van der Waals surface area contributed by atoms with E-state index in [0.29, 0.717) is 16.6 Å². The van der Waals surface area contributed by atoms with Crippen LogP contribution in [0.25, 0.3) is 0 Å². The number of carbonyl (C=O) groups is 1. The summed E-state index contributed by atoms with van der Waals surface area (Å²) in [5.41, 5.74) is 6.73. The summed E-state index contributed by atoms with van der Waals surface area (Å²) >= 11 is 12.0. The molecule has 1 unspecified atom stereocenters. The minimum absolute atomic E-state index is 0. The molecule has 3 N–H and O–H groups in total. The Morgan fingerprint density at radius 1 is 1.41 bits per heavy atom. The molecule has 7 heteroatoms. The number of piperidine rings is 1. The summed E-state index contributed by atoms with van der Waals surface area (Å²) in [5.74, 6) is 0.00369. The van der Waals surface area contributed by atoms with Crippen molar-refractivity contribution in [2.75, 3.05) is 19.6 Å². The second kappa shape index (κ2) is 8.94. The molecule has 1 aromatic rings. The zero-order chi connectivity index (χ0) is 15.4. The molecule has 0 bridgehead atoms. The quantitative estimate of drug-likeness (QED) is 0.861. The molecule has 1 fully saturated rings. The van der Waals surface area contributed by atoms with Gasteiger partial charge in [-0.1, -0.05) is 29.3 Å². The van der Waals surface area contributed by atoms with Gasteiger partial charge < -0.3 is 11.1 Å². The number of halogens is 3. The highest BCUT2D eigenvalue weighted by molar-refractivity contribution is 6.35. The largest absolute Gasteiger partial charge is 0.348 e. The molecule has 0 aliphatic carbocycles. The van der Waals surface area contributed by atoms with Crippen LogP contribution in [0, 0.1) is 0 Å². The summed E-state index contributed by atoms with van der Waals surface area (Å²) in [7, 11) is 0. The lowest BCUT2D eigenvalue weighted by Crippen LogP contribution is -2.44. The van der Waals surface area contributed by atoms with E-state index >= 15 is 0 Å². The minimum atomic E-state index is -0.144. The molecule has 4 nitrogen and oxygen atoms in total. The lowest BCUT2D eigenvalue weighted by Gasteiger charge is -2.29. The van der Waals surface area contributed by atoms with E-state index in [4.69, 9.17) is 28.9 Å². The van der Waals surface area contributed by atoms with Crippen LogP contribution in [0.15, 0.2) is 18.2 Å². The maximum absolute atomic E-state index is 12.1. The van der Waals surface area contributed by atoms with E-state index in [1.165, 1.54) is 0 Å². The highest BCUT2D eigenvalue weighted by Crippen LogP contribution is 2.26. The SMILES string of the molecule is CC(NC(=O)CN1CCC(N)CC1)c1ccc(Cl)cc1Cl.Cl. The fourth-order valence-corrected chi connectivity index (χ4v) is 3.10. The smallest absolute Gasteiger partial charge is 0.234 e. The van der Waals surface area contributed by atoms with Crippen LogP contribution in [-0.4, -0.2) is 36.5 Å². The number of likely N-dealkylation sites (tertiary alicyclic amines) is 1. The number of nitrogens with two attached hydrogens (primary N) is 1. The summed E-state index contributed by atoms with van der Waals surface area (Å²) in [4.78, 5) is 14.2. The van der Waals surface area contributed by atoms with Crippen molar-refractivity contribution in [3.05, 3.63) is 33.8 Å². The number of carbonyl (C=O) groups excluding carboxylic acids is 1.